The van der Waals surface area contributed by atoms with Gasteiger partial charge in [-0.2, -0.15) is 0 Å². The lowest BCUT2D eigenvalue weighted by Gasteiger charge is -2.34. The maximum absolute atomic E-state index is 6.01. The van der Waals surface area contributed by atoms with E-state index in [1.54, 1.807) is 0 Å². The molecule has 2 aliphatic heterocycles. The number of nitrogens with zero attached hydrogens (tertiary/aromatic N) is 1. The van der Waals surface area contributed by atoms with E-state index >= 15 is 0 Å². The van der Waals surface area contributed by atoms with Crippen molar-refractivity contribution in [3.05, 3.63) is 20.9 Å². The Morgan fingerprint density at radius 2 is 2.36 bits per heavy atom. The molecule has 0 N–H and O–H groups in total. The van der Waals surface area contributed by atoms with E-state index in [4.69, 9.17) is 16.3 Å². The Morgan fingerprint density at radius 3 is 3.00 bits per heavy atom. The molecule has 2 aliphatic rings. The standard InChI is InChI=1S/C10H13ClINO/c11-8-5-9(12)7-13(6-8)10-3-1-2-4-14-10/h5-6,10H,1-4,7H2. The predicted molar refractivity (Wildman–Crippen MR) is 66.3 cm³/mol. The first-order valence-electron chi connectivity index (χ1n) is 4.86. The molecule has 0 saturated carbocycles. The van der Waals surface area contributed by atoms with Gasteiger partial charge in [0.25, 0.3) is 0 Å². The Balaban J connectivity index is 2.01. The van der Waals surface area contributed by atoms with E-state index in [0.29, 0.717) is 0 Å². The summed E-state index contributed by atoms with van der Waals surface area (Å²) in [4.78, 5) is 2.20. The molecule has 1 unspecified atom stereocenters. The molecule has 0 spiro atoms. The largest absolute Gasteiger partial charge is 0.358 e. The SMILES string of the molecule is ClC1=CN(C2CCCCO2)CC(I)=C1. The molecule has 1 fully saturated rings. The van der Waals surface area contributed by atoms with Gasteiger partial charge in [-0.05, 0) is 47.9 Å². The summed E-state index contributed by atoms with van der Waals surface area (Å²) in [6.07, 6.45) is 7.78. The zero-order chi connectivity index (χ0) is 9.97. The van der Waals surface area contributed by atoms with Crippen LogP contribution in [0.2, 0.25) is 0 Å². The van der Waals surface area contributed by atoms with Crippen molar-refractivity contribution in [2.45, 2.75) is 25.5 Å². The molecule has 0 bridgehead atoms. The van der Waals surface area contributed by atoms with Gasteiger partial charge in [-0.3, -0.25) is 0 Å². The minimum Gasteiger partial charge on any atom is -0.358 e. The normalized spacial score (nSPS) is 28.4. The van der Waals surface area contributed by atoms with Gasteiger partial charge in [0.05, 0.1) is 11.6 Å². The highest BCUT2D eigenvalue weighted by Crippen LogP contribution is 2.26. The van der Waals surface area contributed by atoms with Gasteiger partial charge >= 0.3 is 0 Å². The molecule has 0 aromatic rings. The summed E-state index contributed by atoms with van der Waals surface area (Å²) in [7, 11) is 0. The lowest BCUT2D eigenvalue weighted by Crippen LogP contribution is -2.37. The van der Waals surface area contributed by atoms with Crippen LogP contribution in [0.3, 0.4) is 0 Å². The molecule has 0 aliphatic carbocycles. The third-order valence-corrected chi connectivity index (χ3v) is 3.30. The fourth-order valence-electron chi connectivity index (χ4n) is 1.78. The van der Waals surface area contributed by atoms with Crippen molar-refractivity contribution in [3.63, 3.8) is 0 Å². The summed E-state index contributed by atoms with van der Waals surface area (Å²) in [5, 5.41) is 0.801. The molecule has 4 heteroatoms. The maximum atomic E-state index is 6.01. The van der Waals surface area contributed by atoms with Crippen LogP contribution in [0.5, 0.6) is 0 Å². The van der Waals surface area contributed by atoms with E-state index in [-0.39, 0.29) is 6.23 Å². The van der Waals surface area contributed by atoms with Crippen LogP contribution in [0, 0.1) is 0 Å². The van der Waals surface area contributed by atoms with Crippen LogP contribution < -0.4 is 0 Å². The van der Waals surface area contributed by atoms with Crippen LogP contribution in [-0.4, -0.2) is 24.3 Å². The fourth-order valence-corrected chi connectivity index (χ4v) is 2.95. The van der Waals surface area contributed by atoms with E-state index < -0.39 is 0 Å². The smallest absolute Gasteiger partial charge is 0.130 e. The zero-order valence-corrected chi connectivity index (χ0v) is 10.8. The molecule has 0 aromatic carbocycles. The first kappa shape index (κ1) is 10.8. The molecule has 1 saturated heterocycles. The second-order valence-electron chi connectivity index (χ2n) is 3.60. The number of halogens is 2. The van der Waals surface area contributed by atoms with Crippen LogP contribution in [0.15, 0.2) is 20.9 Å². The number of ether oxygens (including phenoxy) is 1. The van der Waals surface area contributed by atoms with Crippen LogP contribution in [0.4, 0.5) is 0 Å². The fraction of sp³-hybridized carbons (Fsp3) is 0.600. The molecule has 0 aromatic heterocycles. The lowest BCUT2D eigenvalue weighted by molar-refractivity contribution is -0.0621. The van der Waals surface area contributed by atoms with Gasteiger partial charge in [-0.25, -0.2) is 0 Å². The predicted octanol–water partition coefficient (Wildman–Crippen LogP) is 3.23. The van der Waals surface area contributed by atoms with Gasteiger partial charge in [0.2, 0.25) is 0 Å². The highest BCUT2D eigenvalue weighted by Gasteiger charge is 2.21. The monoisotopic (exact) mass is 325 g/mol. The number of rotatable bonds is 1. The summed E-state index contributed by atoms with van der Waals surface area (Å²) in [5.41, 5.74) is 0. The van der Waals surface area contributed by atoms with Crippen LogP contribution >= 0.6 is 34.2 Å². The molecule has 14 heavy (non-hydrogen) atoms. The van der Waals surface area contributed by atoms with Gasteiger partial charge in [0.1, 0.15) is 6.23 Å². The highest BCUT2D eigenvalue weighted by atomic mass is 127. The number of allylic oxidation sites excluding steroid dienone is 2. The van der Waals surface area contributed by atoms with E-state index in [0.717, 1.165) is 24.6 Å². The Kier molecular flexibility index (Phi) is 3.73. The number of hydrogen-bond donors (Lipinski definition) is 0. The van der Waals surface area contributed by atoms with Gasteiger partial charge in [-0.1, -0.05) is 11.6 Å². The molecule has 0 radical (unpaired) electrons. The third-order valence-electron chi connectivity index (χ3n) is 2.44. The van der Waals surface area contributed by atoms with E-state index in [9.17, 15) is 0 Å². The average molecular weight is 326 g/mol. The topological polar surface area (TPSA) is 12.5 Å². The Hall–Kier alpha value is 0.260. The second kappa shape index (κ2) is 4.86. The minimum absolute atomic E-state index is 0.232. The van der Waals surface area contributed by atoms with Crippen molar-refractivity contribution in [3.8, 4) is 0 Å². The average Bonchev–Trinajstić information content (AvgIpc) is 2.18. The van der Waals surface area contributed by atoms with Crippen molar-refractivity contribution in [2.24, 2.45) is 0 Å². The molecule has 1 atom stereocenters. The second-order valence-corrected chi connectivity index (χ2v) is 5.42. The van der Waals surface area contributed by atoms with Gasteiger partial charge in [0.15, 0.2) is 0 Å². The Morgan fingerprint density at radius 1 is 1.50 bits per heavy atom. The maximum Gasteiger partial charge on any atom is 0.130 e. The first-order valence-corrected chi connectivity index (χ1v) is 6.32. The molecule has 2 nitrogen and oxygen atoms in total. The van der Waals surface area contributed by atoms with E-state index in [2.05, 4.69) is 27.5 Å². The summed E-state index contributed by atoms with van der Waals surface area (Å²) >= 11 is 8.33. The van der Waals surface area contributed by atoms with E-state index in [1.165, 1.54) is 16.4 Å². The molecule has 78 valence electrons. The van der Waals surface area contributed by atoms with Gasteiger partial charge < -0.3 is 9.64 Å². The van der Waals surface area contributed by atoms with E-state index in [1.807, 2.05) is 12.3 Å². The van der Waals surface area contributed by atoms with Crippen LogP contribution in [-0.2, 0) is 4.74 Å². The highest BCUT2D eigenvalue weighted by molar-refractivity contribution is 14.1. The quantitative estimate of drug-likeness (QED) is 0.686. The Labute approximate surface area is 103 Å². The van der Waals surface area contributed by atoms with Crippen molar-refractivity contribution < 1.29 is 4.74 Å². The molecular weight excluding hydrogens is 312 g/mol. The summed E-state index contributed by atoms with van der Waals surface area (Å²) in [6, 6.07) is 0. The van der Waals surface area contributed by atoms with Gasteiger partial charge in [0, 0.05) is 16.4 Å². The van der Waals surface area contributed by atoms with Crippen molar-refractivity contribution in [2.75, 3.05) is 13.2 Å². The van der Waals surface area contributed by atoms with Crippen molar-refractivity contribution >= 4 is 34.2 Å². The summed E-state index contributed by atoms with van der Waals surface area (Å²) in [6.45, 7) is 1.81. The molecular formula is C10H13ClINO. The van der Waals surface area contributed by atoms with Crippen LogP contribution in [0.25, 0.3) is 0 Å². The number of hydrogen-bond acceptors (Lipinski definition) is 2. The summed E-state index contributed by atoms with van der Waals surface area (Å²) < 4.78 is 6.97. The Bertz CT molecular complexity index is 271. The third kappa shape index (κ3) is 2.64. The van der Waals surface area contributed by atoms with Crippen molar-refractivity contribution in [1.82, 2.24) is 4.90 Å². The first-order chi connectivity index (χ1) is 6.75. The van der Waals surface area contributed by atoms with Crippen LogP contribution in [0.1, 0.15) is 19.3 Å². The van der Waals surface area contributed by atoms with Gasteiger partial charge in [-0.15, -0.1) is 0 Å². The minimum atomic E-state index is 0.232. The molecule has 0 amide bonds. The zero-order valence-electron chi connectivity index (χ0n) is 7.88. The summed E-state index contributed by atoms with van der Waals surface area (Å²) in [5.74, 6) is 0. The lowest BCUT2D eigenvalue weighted by atomic mass is 10.1. The molecule has 2 rings (SSSR count). The molecule has 2 heterocycles. The van der Waals surface area contributed by atoms with Crippen molar-refractivity contribution in [1.29, 1.82) is 0 Å².